The molecule has 2 saturated heterocycles. The van der Waals surface area contributed by atoms with E-state index in [1.165, 1.54) is 0 Å². The van der Waals surface area contributed by atoms with Gasteiger partial charge in [0.2, 0.25) is 5.95 Å². The van der Waals surface area contributed by atoms with E-state index < -0.39 is 7.14 Å². The van der Waals surface area contributed by atoms with Crippen molar-refractivity contribution >= 4 is 68.1 Å². The molecule has 5 aromatic rings. The summed E-state index contributed by atoms with van der Waals surface area (Å²) in [6.07, 6.45) is 7.53. The first-order valence-corrected chi connectivity index (χ1v) is 20.2. The van der Waals surface area contributed by atoms with Crippen molar-refractivity contribution in [1.82, 2.24) is 39.7 Å². The van der Waals surface area contributed by atoms with E-state index in [4.69, 9.17) is 9.72 Å². The molecule has 0 amide bonds. The number of piperazine rings is 1. The van der Waals surface area contributed by atoms with Gasteiger partial charge in [-0.3, -0.25) is 14.6 Å². The number of likely N-dealkylation sites (N-methyl/N-ethyl adjacent to an activating group) is 1. The molecule has 262 valence electrons. The summed E-state index contributed by atoms with van der Waals surface area (Å²) < 4.78 is 21.9. The van der Waals surface area contributed by atoms with Crippen molar-refractivity contribution in [2.45, 2.75) is 18.9 Å². The maximum absolute atomic E-state index is 13.5. The number of rotatable bonds is 9. The van der Waals surface area contributed by atoms with E-state index in [9.17, 15) is 4.57 Å². The Balaban J connectivity index is 1.18. The van der Waals surface area contributed by atoms with Gasteiger partial charge in [-0.1, -0.05) is 23.4 Å². The number of hydrogen-bond donors (Lipinski definition) is 2. The predicted molar refractivity (Wildman–Crippen MR) is 204 cm³/mol. The molecule has 2 N–H and O–H groups in total. The van der Waals surface area contributed by atoms with E-state index in [1.54, 1.807) is 37.5 Å². The van der Waals surface area contributed by atoms with Gasteiger partial charge in [-0.2, -0.15) is 4.98 Å². The fourth-order valence-corrected chi connectivity index (χ4v) is 8.75. The number of ether oxygens (including phenoxy) is 1. The molecule has 2 aliphatic heterocycles. The molecule has 0 spiro atoms. The first kappa shape index (κ1) is 34.4. The number of piperidine rings is 1. The minimum Gasteiger partial charge on any atom is -0.494 e. The lowest BCUT2D eigenvalue weighted by Crippen LogP contribution is -2.52. The van der Waals surface area contributed by atoms with Crippen LogP contribution in [0.3, 0.4) is 0 Å². The van der Waals surface area contributed by atoms with Crippen LogP contribution in [0.25, 0.3) is 22.2 Å². The molecule has 50 heavy (non-hydrogen) atoms. The molecule has 2 fully saturated rings. The molecule has 3 aromatic heterocycles. The van der Waals surface area contributed by atoms with Gasteiger partial charge in [0.1, 0.15) is 24.4 Å². The van der Waals surface area contributed by atoms with E-state index in [0.29, 0.717) is 39.4 Å². The molecule has 0 saturated carbocycles. The topological polar surface area (TPSA) is 129 Å². The Morgan fingerprint density at radius 3 is 2.40 bits per heavy atom. The molecule has 0 atom stereocenters. The van der Waals surface area contributed by atoms with Gasteiger partial charge in [0.25, 0.3) is 0 Å². The molecule has 5 heterocycles. The Hall–Kier alpha value is -4.10. The Labute approximate surface area is 300 Å². The summed E-state index contributed by atoms with van der Waals surface area (Å²) in [5.74, 6) is 1.52. The van der Waals surface area contributed by atoms with Crippen molar-refractivity contribution in [3.63, 3.8) is 0 Å². The average molecular weight is 761 g/mol. The van der Waals surface area contributed by atoms with Crippen molar-refractivity contribution in [2.75, 3.05) is 82.3 Å². The van der Waals surface area contributed by atoms with Gasteiger partial charge >= 0.3 is 0 Å². The first-order chi connectivity index (χ1) is 24.1. The summed E-state index contributed by atoms with van der Waals surface area (Å²) in [5, 5.41) is 17.1. The van der Waals surface area contributed by atoms with Crippen LogP contribution >= 0.6 is 23.1 Å². The van der Waals surface area contributed by atoms with Crippen LogP contribution in [0.1, 0.15) is 12.8 Å². The maximum Gasteiger partial charge on any atom is 0.229 e. The standard InChI is InChI=1S/C35H43BrN11O2P/c1-44-14-16-46(17-15-44)23-10-12-47(13-11-23)31-19-32(49-3)28(18-25(31)30-22-45(2)43-42-30)40-35-38-20-26(36)34(41-35)39-29-21-37-27-9-7-6-8-24(27)33(29)50(4,5)48/h6-9,18-23H,10-17H2,1-5H3,(H2,38,39,40,41). The van der Waals surface area contributed by atoms with Crippen molar-refractivity contribution in [2.24, 2.45) is 7.05 Å². The van der Waals surface area contributed by atoms with Gasteiger partial charge in [-0.15, -0.1) is 5.10 Å². The number of para-hydroxylation sites is 1. The third-order valence-electron chi connectivity index (χ3n) is 9.59. The normalized spacial score (nSPS) is 16.6. The quantitative estimate of drug-likeness (QED) is 0.183. The second kappa shape index (κ2) is 14.3. The Bertz CT molecular complexity index is 2050. The van der Waals surface area contributed by atoms with Crippen molar-refractivity contribution in [1.29, 1.82) is 0 Å². The van der Waals surface area contributed by atoms with Crippen molar-refractivity contribution in [3.05, 3.63) is 59.5 Å². The molecule has 2 aliphatic rings. The second-order valence-electron chi connectivity index (χ2n) is 13.4. The van der Waals surface area contributed by atoms with Crippen LogP contribution in [0.2, 0.25) is 0 Å². The fraction of sp³-hybridized carbons (Fsp3) is 0.400. The van der Waals surface area contributed by atoms with Gasteiger partial charge in [0, 0.05) is 80.9 Å². The number of anilines is 5. The highest BCUT2D eigenvalue weighted by atomic mass is 79.9. The van der Waals surface area contributed by atoms with Gasteiger partial charge < -0.3 is 29.7 Å². The van der Waals surface area contributed by atoms with E-state index in [1.807, 2.05) is 43.6 Å². The van der Waals surface area contributed by atoms with E-state index >= 15 is 0 Å². The molecule has 7 rings (SSSR count). The largest absolute Gasteiger partial charge is 0.494 e. The third-order valence-corrected chi connectivity index (χ3v) is 11.7. The number of methoxy groups -OCH3 is 1. The minimum atomic E-state index is -2.71. The summed E-state index contributed by atoms with van der Waals surface area (Å²) in [4.78, 5) is 21.5. The number of nitrogens with one attached hydrogen (secondary N) is 2. The molecule has 0 radical (unpaired) electrons. The van der Waals surface area contributed by atoms with E-state index in [0.717, 1.165) is 85.3 Å². The van der Waals surface area contributed by atoms with Gasteiger partial charge in [0.15, 0.2) is 0 Å². The zero-order valence-corrected chi connectivity index (χ0v) is 31.6. The monoisotopic (exact) mass is 759 g/mol. The zero-order chi connectivity index (χ0) is 35.0. The number of halogens is 1. The summed E-state index contributed by atoms with van der Waals surface area (Å²) >= 11 is 3.60. The van der Waals surface area contributed by atoms with Crippen LogP contribution in [-0.2, 0) is 11.6 Å². The highest BCUT2D eigenvalue weighted by Gasteiger charge is 2.29. The van der Waals surface area contributed by atoms with Gasteiger partial charge in [-0.05, 0) is 61.3 Å². The van der Waals surface area contributed by atoms with E-state index in [2.05, 4.69) is 74.7 Å². The van der Waals surface area contributed by atoms with Crippen molar-refractivity contribution < 1.29 is 9.30 Å². The lowest BCUT2D eigenvalue weighted by Gasteiger charge is -2.43. The second-order valence-corrected chi connectivity index (χ2v) is 17.4. The smallest absolute Gasteiger partial charge is 0.229 e. The molecular weight excluding hydrogens is 717 g/mol. The number of fused-ring (bicyclic) bond motifs is 1. The number of aryl methyl sites for hydroxylation is 1. The molecule has 2 aromatic carbocycles. The average Bonchev–Trinajstić information content (AvgIpc) is 3.55. The number of pyridine rings is 1. The van der Waals surface area contributed by atoms with Crippen LogP contribution in [0, 0.1) is 0 Å². The summed E-state index contributed by atoms with van der Waals surface area (Å²) in [7, 11) is 3.04. The molecule has 0 bridgehead atoms. The highest BCUT2D eigenvalue weighted by molar-refractivity contribution is 9.10. The maximum atomic E-state index is 13.5. The number of benzene rings is 2. The SMILES string of the molecule is COc1cc(N2CCC(N3CCN(C)CC3)CC2)c(-c2cn(C)nn2)cc1Nc1ncc(Br)c(Nc2cnc3ccccc3c2P(C)(C)=O)n1. The lowest BCUT2D eigenvalue weighted by molar-refractivity contribution is 0.0982. The Morgan fingerprint density at radius 2 is 1.70 bits per heavy atom. The predicted octanol–water partition coefficient (Wildman–Crippen LogP) is 5.54. The number of hydrogen-bond acceptors (Lipinski definition) is 12. The Morgan fingerprint density at radius 1 is 0.940 bits per heavy atom. The Kier molecular flexibility index (Phi) is 9.80. The summed E-state index contributed by atoms with van der Waals surface area (Å²) in [6.45, 7) is 9.94. The van der Waals surface area contributed by atoms with Crippen molar-refractivity contribution in [3.8, 4) is 17.0 Å². The molecule has 13 nitrogen and oxygen atoms in total. The summed E-state index contributed by atoms with van der Waals surface area (Å²) in [6, 6.07) is 12.4. The van der Waals surface area contributed by atoms with Gasteiger partial charge in [0.05, 0.1) is 46.6 Å². The summed E-state index contributed by atoms with van der Waals surface area (Å²) in [5.41, 5.74) is 4.89. The fourth-order valence-electron chi connectivity index (χ4n) is 6.99. The van der Waals surface area contributed by atoms with E-state index in [-0.39, 0.29) is 0 Å². The molecule has 15 heteroatoms. The number of aromatic nitrogens is 6. The lowest BCUT2D eigenvalue weighted by atomic mass is 9.99. The first-order valence-electron chi connectivity index (χ1n) is 16.8. The third kappa shape index (κ3) is 7.20. The van der Waals surface area contributed by atoms with Crippen LogP contribution in [0.15, 0.2) is 59.5 Å². The molecular formula is C35H43BrN11O2P. The zero-order valence-electron chi connectivity index (χ0n) is 29.1. The molecule has 0 unspecified atom stereocenters. The van der Waals surface area contributed by atoms with Gasteiger partial charge in [-0.25, -0.2) is 4.98 Å². The van der Waals surface area contributed by atoms with Crippen LogP contribution in [0.5, 0.6) is 5.75 Å². The van der Waals surface area contributed by atoms with Crippen LogP contribution in [-0.4, -0.2) is 113 Å². The number of nitrogens with zero attached hydrogens (tertiary/aromatic N) is 9. The highest BCUT2D eigenvalue weighted by Crippen LogP contribution is 2.43. The minimum absolute atomic E-state index is 0.353. The van der Waals surface area contributed by atoms with Crippen LogP contribution < -0.4 is 25.6 Å². The van der Waals surface area contributed by atoms with Crippen LogP contribution in [0.4, 0.5) is 28.8 Å². The molecule has 0 aliphatic carbocycles.